The van der Waals surface area contributed by atoms with Crippen molar-refractivity contribution in [2.45, 2.75) is 44.8 Å². The summed E-state index contributed by atoms with van der Waals surface area (Å²) < 4.78 is 0. The third kappa shape index (κ3) is 2.42. The summed E-state index contributed by atoms with van der Waals surface area (Å²) >= 11 is 6.20. The van der Waals surface area contributed by atoms with Crippen LogP contribution in [0.3, 0.4) is 0 Å². The molecule has 4 nitrogen and oxygen atoms in total. The molecule has 2 heterocycles. The molecule has 0 aromatic heterocycles. The fourth-order valence-corrected chi connectivity index (χ4v) is 3.55. The Kier molecular flexibility index (Phi) is 3.89. The Bertz CT molecular complexity index is 575. The molecule has 2 amide bonds. The molecule has 2 atom stereocenters. The van der Waals surface area contributed by atoms with Crippen LogP contribution in [-0.2, 0) is 16.1 Å². The molecule has 2 saturated heterocycles. The number of carbonyl (C=O) groups excluding carboxylic acids is 2. The molecule has 2 aliphatic rings. The average Bonchev–Trinajstić information content (AvgIpc) is 2.97. The lowest BCUT2D eigenvalue weighted by Crippen LogP contribution is -2.62. The van der Waals surface area contributed by atoms with Crippen LogP contribution in [0.1, 0.15) is 31.7 Å². The van der Waals surface area contributed by atoms with Crippen LogP contribution in [0.4, 0.5) is 0 Å². The molecular weight excluding hydrogens is 288 g/mol. The van der Waals surface area contributed by atoms with E-state index >= 15 is 0 Å². The van der Waals surface area contributed by atoms with Gasteiger partial charge in [0.25, 0.3) is 0 Å². The Morgan fingerprint density at radius 1 is 1.24 bits per heavy atom. The summed E-state index contributed by atoms with van der Waals surface area (Å²) in [6, 6.07) is 6.88. The van der Waals surface area contributed by atoms with Crippen molar-refractivity contribution in [1.29, 1.82) is 0 Å². The lowest BCUT2D eigenvalue weighted by molar-refractivity contribution is -0.160. The van der Waals surface area contributed by atoms with E-state index in [4.69, 9.17) is 11.6 Å². The molecule has 0 N–H and O–H groups in total. The number of hydrogen-bond donors (Lipinski definition) is 0. The largest absolute Gasteiger partial charge is 0.329 e. The highest BCUT2D eigenvalue weighted by Crippen LogP contribution is 2.30. The number of halogens is 1. The zero-order chi connectivity index (χ0) is 15.0. The monoisotopic (exact) mass is 306 g/mol. The molecule has 2 fully saturated rings. The van der Waals surface area contributed by atoms with Crippen LogP contribution in [0.25, 0.3) is 0 Å². The molecule has 5 heteroatoms. The van der Waals surface area contributed by atoms with Crippen molar-refractivity contribution in [1.82, 2.24) is 9.80 Å². The van der Waals surface area contributed by atoms with Crippen LogP contribution in [0.2, 0.25) is 5.02 Å². The smallest absolute Gasteiger partial charge is 0.246 e. The minimum atomic E-state index is -0.358. The first kappa shape index (κ1) is 14.4. The van der Waals surface area contributed by atoms with Gasteiger partial charge in [-0.15, -0.1) is 0 Å². The van der Waals surface area contributed by atoms with Crippen molar-refractivity contribution in [2.24, 2.45) is 0 Å². The van der Waals surface area contributed by atoms with Gasteiger partial charge in [-0.05, 0) is 30.9 Å². The normalized spacial score (nSPS) is 25.4. The van der Waals surface area contributed by atoms with Gasteiger partial charge in [-0.3, -0.25) is 9.59 Å². The molecule has 3 rings (SSSR count). The summed E-state index contributed by atoms with van der Waals surface area (Å²) in [5, 5.41) is 0.640. The zero-order valence-corrected chi connectivity index (χ0v) is 12.8. The van der Waals surface area contributed by atoms with Gasteiger partial charge in [0.15, 0.2) is 0 Å². The maximum absolute atomic E-state index is 12.7. The number of rotatable bonds is 3. The molecule has 1 aromatic rings. The lowest BCUT2D eigenvalue weighted by Gasteiger charge is -2.42. The van der Waals surface area contributed by atoms with Gasteiger partial charge in [0.05, 0.1) is 0 Å². The van der Waals surface area contributed by atoms with Gasteiger partial charge in [-0.2, -0.15) is 0 Å². The van der Waals surface area contributed by atoms with Gasteiger partial charge in [0, 0.05) is 18.1 Å². The third-order valence-electron chi connectivity index (χ3n) is 4.45. The number of nitrogens with zero attached hydrogens (tertiary/aromatic N) is 2. The van der Waals surface area contributed by atoms with E-state index in [0.717, 1.165) is 18.4 Å². The standard InChI is InChI=1S/C16H19ClN2O2/c1-2-13-15(20)18-9-5-8-14(18)16(21)19(13)10-11-6-3-4-7-12(11)17/h3-4,6-7,13-14H,2,5,8-10H2,1H3. The highest BCUT2D eigenvalue weighted by atomic mass is 35.5. The SMILES string of the molecule is CCC1C(=O)N2CCCC2C(=O)N1Cc1ccccc1Cl. The number of amides is 2. The van der Waals surface area contributed by atoms with Crippen LogP contribution in [0, 0.1) is 0 Å². The molecule has 2 unspecified atom stereocenters. The minimum Gasteiger partial charge on any atom is -0.329 e. The van der Waals surface area contributed by atoms with Gasteiger partial charge in [-0.25, -0.2) is 0 Å². The van der Waals surface area contributed by atoms with Crippen LogP contribution in [0.15, 0.2) is 24.3 Å². The van der Waals surface area contributed by atoms with E-state index in [1.54, 1.807) is 9.80 Å². The summed E-state index contributed by atoms with van der Waals surface area (Å²) in [6.07, 6.45) is 2.33. The molecule has 2 aliphatic heterocycles. The lowest BCUT2D eigenvalue weighted by atomic mass is 10.0. The van der Waals surface area contributed by atoms with Crippen molar-refractivity contribution in [2.75, 3.05) is 6.54 Å². The van der Waals surface area contributed by atoms with Crippen molar-refractivity contribution in [3.8, 4) is 0 Å². The van der Waals surface area contributed by atoms with Crippen LogP contribution in [-0.4, -0.2) is 40.2 Å². The predicted molar refractivity (Wildman–Crippen MR) is 80.8 cm³/mol. The highest BCUT2D eigenvalue weighted by molar-refractivity contribution is 6.31. The predicted octanol–water partition coefficient (Wildman–Crippen LogP) is 2.45. The van der Waals surface area contributed by atoms with E-state index < -0.39 is 0 Å². The molecule has 0 spiro atoms. The summed E-state index contributed by atoms with van der Waals surface area (Å²) in [7, 11) is 0. The average molecular weight is 307 g/mol. The fraction of sp³-hybridized carbons (Fsp3) is 0.500. The Hall–Kier alpha value is -1.55. The van der Waals surface area contributed by atoms with Gasteiger partial charge < -0.3 is 9.80 Å². The van der Waals surface area contributed by atoms with Crippen molar-refractivity contribution in [3.63, 3.8) is 0 Å². The van der Waals surface area contributed by atoms with E-state index in [1.807, 2.05) is 31.2 Å². The molecule has 0 saturated carbocycles. The first-order valence-electron chi connectivity index (χ1n) is 7.48. The number of carbonyl (C=O) groups is 2. The number of piperazine rings is 1. The second kappa shape index (κ2) is 5.68. The Balaban J connectivity index is 1.90. The number of benzene rings is 1. The summed E-state index contributed by atoms with van der Waals surface area (Å²) in [5.41, 5.74) is 0.894. The van der Waals surface area contributed by atoms with Crippen LogP contribution >= 0.6 is 11.6 Å². The Labute approximate surface area is 129 Å². The van der Waals surface area contributed by atoms with Crippen molar-refractivity contribution < 1.29 is 9.59 Å². The van der Waals surface area contributed by atoms with Gasteiger partial charge in [-0.1, -0.05) is 36.7 Å². The van der Waals surface area contributed by atoms with Gasteiger partial charge in [0.1, 0.15) is 12.1 Å². The van der Waals surface area contributed by atoms with Crippen LogP contribution < -0.4 is 0 Å². The molecule has 0 aliphatic carbocycles. The first-order chi connectivity index (χ1) is 10.1. The fourth-order valence-electron chi connectivity index (χ4n) is 3.35. The second-order valence-electron chi connectivity index (χ2n) is 5.67. The Morgan fingerprint density at radius 2 is 2.00 bits per heavy atom. The third-order valence-corrected chi connectivity index (χ3v) is 4.82. The summed E-state index contributed by atoms with van der Waals surface area (Å²) in [5.74, 6) is 0.158. The molecule has 112 valence electrons. The Morgan fingerprint density at radius 3 is 2.71 bits per heavy atom. The molecule has 0 radical (unpaired) electrons. The molecular formula is C16H19ClN2O2. The molecule has 1 aromatic carbocycles. The first-order valence-corrected chi connectivity index (χ1v) is 7.85. The van der Waals surface area contributed by atoms with Crippen molar-refractivity contribution in [3.05, 3.63) is 34.9 Å². The van der Waals surface area contributed by atoms with E-state index in [0.29, 0.717) is 24.5 Å². The van der Waals surface area contributed by atoms with E-state index in [-0.39, 0.29) is 23.9 Å². The maximum Gasteiger partial charge on any atom is 0.246 e. The topological polar surface area (TPSA) is 40.6 Å². The van der Waals surface area contributed by atoms with E-state index in [9.17, 15) is 9.59 Å². The van der Waals surface area contributed by atoms with E-state index in [2.05, 4.69) is 0 Å². The van der Waals surface area contributed by atoms with Gasteiger partial charge in [0.2, 0.25) is 11.8 Å². The van der Waals surface area contributed by atoms with Crippen molar-refractivity contribution >= 4 is 23.4 Å². The molecule has 21 heavy (non-hydrogen) atoms. The number of fused-ring (bicyclic) bond motifs is 1. The zero-order valence-electron chi connectivity index (χ0n) is 12.1. The minimum absolute atomic E-state index is 0.0684. The second-order valence-corrected chi connectivity index (χ2v) is 6.08. The summed E-state index contributed by atoms with van der Waals surface area (Å²) in [6.45, 7) is 3.07. The number of hydrogen-bond acceptors (Lipinski definition) is 2. The van der Waals surface area contributed by atoms with E-state index in [1.165, 1.54) is 0 Å². The quantitative estimate of drug-likeness (QED) is 0.860. The summed E-state index contributed by atoms with van der Waals surface area (Å²) in [4.78, 5) is 28.8. The van der Waals surface area contributed by atoms with Crippen LogP contribution in [0.5, 0.6) is 0 Å². The highest BCUT2D eigenvalue weighted by Gasteiger charge is 2.46. The maximum atomic E-state index is 12.7. The van der Waals surface area contributed by atoms with Gasteiger partial charge >= 0.3 is 0 Å². The molecule has 0 bridgehead atoms.